The summed E-state index contributed by atoms with van der Waals surface area (Å²) in [6.07, 6.45) is 1.30. The largest absolute Gasteiger partial charge is 0.326 e. The molecule has 1 atom stereocenters. The molecule has 1 aliphatic heterocycles. The van der Waals surface area contributed by atoms with Crippen LogP contribution in [0.5, 0.6) is 0 Å². The highest BCUT2D eigenvalue weighted by Crippen LogP contribution is 2.25. The van der Waals surface area contributed by atoms with Crippen LogP contribution in [0.15, 0.2) is 42.5 Å². The minimum absolute atomic E-state index is 0.105. The topological polar surface area (TPSA) is 66.5 Å². The summed E-state index contributed by atoms with van der Waals surface area (Å²) in [5.41, 5.74) is 2.23. The van der Waals surface area contributed by atoms with E-state index in [1.54, 1.807) is 36.4 Å². The molecule has 0 aliphatic carbocycles. The lowest BCUT2D eigenvalue weighted by Gasteiger charge is -2.31. The summed E-state index contributed by atoms with van der Waals surface area (Å²) in [5.74, 6) is -0.685. The van der Waals surface area contributed by atoms with Crippen molar-refractivity contribution in [2.24, 2.45) is 5.92 Å². The van der Waals surface area contributed by atoms with Gasteiger partial charge in [-0.05, 0) is 55.2 Å². The van der Waals surface area contributed by atoms with Crippen LogP contribution in [0, 0.1) is 12.8 Å². The molecule has 0 radical (unpaired) electrons. The molecule has 1 amide bonds. The molecule has 28 heavy (non-hydrogen) atoms. The van der Waals surface area contributed by atoms with Gasteiger partial charge in [0.2, 0.25) is 15.9 Å². The summed E-state index contributed by atoms with van der Waals surface area (Å²) in [7, 11) is -3.51. The number of benzene rings is 2. The van der Waals surface area contributed by atoms with Crippen LogP contribution in [0.4, 0.5) is 5.69 Å². The minimum Gasteiger partial charge on any atom is -0.326 e. The summed E-state index contributed by atoms with van der Waals surface area (Å²) >= 11 is 11.9. The fourth-order valence-electron chi connectivity index (χ4n) is 3.26. The first-order chi connectivity index (χ1) is 13.2. The van der Waals surface area contributed by atoms with E-state index in [9.17, 15) is 13.2 Å². The number of amides is 1. The monoisotopic (exact) mass is 440 g/mol. The van der Waals surface area contributed by atoms with Crippen molar-refractivity contribution in [1.82, 2.24) is 4.31 Å². The molecule has 3 rings (SSSR count). The number of halogens is 2. The third-order valence-electron chi connectivity index (χ3n) is 4.87. The first-order valence-electron chi connectivity index (χ1n) is 9.04. The van der Waals surface area contributed by atoms with Crippen molar-refractivity contribution in [2.45, 2.75) is 25.5 Å². The van der Waals surface area contributed by atoms with Gasteiger partial charge >= 0.3 is 0 Å². The van der Waals surface area contributed by atoms with Gasteiger partial charge in [0.25, 0.3) is 0 Å². The molecule has 1 saturated heterocycles. The highest BCUT2D eigenvalue weighted by atomic mass is 35.5. The number of nitrogens with zero attached hydrogens (tertiary/aromatic N) is 1. The lowest BCUT2D eigenvalue weighted by atomic mass is 9.98. The molecular formula is C20H22Cl2N2O3S. The molecule has 2 aromatic carbocycles. The second-order valence-corrected chi connectivity index (χ2v) is 9.87. The van der Waals surface area contributed by atoms with Gasteiger partial charge in [-0.2, -0.15) is 0 Å². The summed E-state index contributed by atoms with van der Waals surface area (Å²) in [6, 6.07) is 12.1. The van der Waals surface area contributed by atoms with Gasteiger partial charge in [0.1, 0.15) is 0 Å². The average Bonchev–Trinajstić information content (AvgIpc) is 2.66. The Labute approximate surface area is 175 Å². The summed E-state index contributed by atoms with van der Waals surface area (Å²) in [4.78, 5) is 12.7. The Kier molecular flexibility index (Phi) is 6.65. The summed E-state index contributed by atoms with van der Waals surface area (Å²) < 4.78 is 27.0. The Morgan fingerprint density at radius 2 is 1.82 bits per heavy atom. The van der Waals surface area contributed by atoms with E-state index in [1.165, 1.54) is 4.31 Å². The second-order valence-electron chi connectivity index (χ2n) is 7.03. The lowest BCUT2D eigenvalue weighted by Crippen LogP contribution is -2.44. The van der Waals surface area contributed by atoms with Gasteiger partial charge in [-0.15, -0.1) is 0 Å². The number of carbonyl (C=O) groups excluding carboxylic acids is 1. The second kappa shape index (κ2) is 8.82. The Bertz CT molecular complexity index is 962. The maximum atomic E-state index is 12.8. The van der Waals surface area contributed by atoms with E-state index in [4.69, 9.17) is 23.2 Å². The molecule has 1 N–H and O–H groups in total. The highest BCUT2D eigenvalue weighted by Gasteiger charge is 2.32. The predicted molar refractivity (Wildman–Crippen MR) is 113 cm³/mol. The maximum absolute atomic E-state index is 12.8. The van der Waals surface area contributed by atoms with Gasteiger partial charge in [0.05, 0.1) is 11.7 Å². The average molecular weight is 441 g/mol. The molecule has 8 heteroatoms. The summed E-state index contributed by atoms with van der Waals surface area (Å²) in [5, 5.41) is 3.99. The number of anilines is 1. The van der Waals surface area contributed by atoms with E-state index < -0.39 is 15.9 Å². The lowest BCUT2D eigenvalue weighted by molar-refractivity contribution is -0.120. The van der Waals surface area contributed by atoms with Gasteiger partial charge in [0.15, 0.2) is 0 Å². The van der Waals surface area contributed by atoms with E-state index in [0.717, 1.165) is 5.56 Å². The van der Waals surface area contributed by atoms with Crippen molar-refractivity contribution >= 4 is 44.8 Å². The molecule has 0 aromatic heterocycles. The molecule has 0 saturated carbocycles. The van der Waals surface area contributed by atoms with Crippen molar-refractivity contribution in [1.29, 1.82) is 0 Å². The predicted octanol–water partition coefficient (Wildman–Crippen LogP) is 4.48. The smallest absolute Gasteiger partial charge is 0.228 e. The van der Waals surface area contributed by atoms with Crippen molar-refractivity contribution < 1.29 is 13.2 Å². The highest BCUT2D eigenvalue weighted by molar-refractivity contribution is 7.88. The molecule has 0 bridgehead atoms. The number of sulfonamides is 1. The van der Waals surface area contributed by atoms with Crippen LogP contribution in [0.1, 0.15) is 24.0 Å². The van der Waals surface area contributed by atoms with Crippen LogP contribution in [0.2, 0.25) is 10.0 Å². The van der Waals surface area contributed by atoms with Crippen LogP contribution < -0.4 is 5.32 Å². The number of hydrogen-bond donors (Lipinski definition) is 1. The molecule has 0 spiro atoms. The van der Waals surface area contributed by atoms with Gasteiger partial charge in [-0.1, -0.05) is 41.4 Å². The fourth-order valence-corrected chi connectivity index (χ4v) is 5.16. The Hall–Kier alpha value is -1.60. The number of rotatable bonds is 5. The molecule has 1 fully saturated rings. The minimum atomic E-state index is -3.51. The van der Waals surface area contributed by atoms with E-state index in [1.807, 2.05) is 13.0 Å². The van der Waals surface area contributed by atoms with Gasteiger partial charge in [0, 0.05) is 28.8 Å². The Morgan fingerprint density at radius 1 is 1.14 bits per heavy atom. The molecule has 0 unspecified atom stereocenters. The van der Waals surface area contributed by atoms with Crippen molar-refractivity contribution in [3.8, 4) is 0 Å². The molecule has 2 aromatic rings. The fraction of sp³-hybridized carbons (Fsp3) is 0.350. The molecule has 150 valence electrons. The van der Waals surface area contributed by atoms with Crippen molar-refractivity contribution in [2.75, 3.05) is 18.4 Å². The van der Waals surface area contributed by atoms with Gasteiger partial charge in [-0.3, -0.25) is 4.79 Å². The first kappa shape index (κ1) is 21.1. The van der Waals surface area contributed by atoms with Crippen LogP contribution >= 0.6 is 23.2 Å². The zero-order valence-electron chi connectivity index (χ0n) is 15.5. The van der Waals surface area contributed by atoms with E-state index in [0.29, 0.717) is 40.7 Å². The van der Waals surface area contributed by atoms with Gasteiger partial charge in [-0.25, -0.2) is 12.7 Å². The number of carbonyl (C=O) groups is 1. The number of hydrogen-bond acceptors (Lipinski definition) is 3. The number of piperidine rings is 1. The third-order valence-corrected chi connectivity index (χ3v) is 7.17. The molecular weight excluding hydrogens is 419 g/mol. The Balaban J connectivity index is 1.68. The normalized spacial score (nSPS) is 18.0. The van der Waals surface area contributed by atoms with Crippen LogP contribution in [0.25, 0.3) is 0 Å². The number of nitrogens with one attached hydrogen (secondary N) is 1. The van der Waals surface area contributed by atoms with Crippen molar-refractivity contribution in [3.63, 3.8) is 0 Å². The van der Waals surface area contributed by atoms with E-state index in [-0.39, 0.29) is 18.2 Å². The van der Waals surface area contributed by atoms with Crippen LogP contribution in [-0.2, 0) is 20.6 Å². The van der Waals surface area contributed by atoms with E-state index in [2.05, 4.69) is 5.32 Å². The van der Waals surface area contributed by atoms with E-state index >= 15 is 0 Å². The standard InChI is InChI=1S/C20H22Cl2N2O3S/c1-14-4-7-18(22)11-19(14)23-20(25)16-3-2-10-24(12-16)28(26,27)13-15-5-8-17(21)9-6-15/h4-9,11,16H,2-3,10,12-13H2,1H3,(H,23,25)/t16-/m0/s1. The van der Waals surface area contributed by atoms with Crippen LogP contribution in [0.3, 0.4) is 0 Å². The van der Waals surface area contributed by atoms with Crippen LogP contribution in [-0.4, -0.2) is 31.7 Å². The summed E-state index contributed by atoms with van der Waals surface area (Å²) in [6.45, 7) is 2.49. The Morgan fingerprint density at radius 3 is 2.54 bits per heavy atom. The third kappa shape index (κ3) is 5.26. The quantitative estimate of drug-likeness (QED) is 0.744. The molecule has 5 nitrogen and oxygen atoms in total. The van der Waals surface area contributed by atoms with Crippen molar-refractivity contribution in [3.05, 3.63) is 63.6 Å². The SMILES string of the molecule is Cc1ccc(Cl)cc1NC(=O)[C@H]1CCCN(S(=O)(=O)Cc2ccc(Cl)cc2)C1. The molecule has 1 heterocycles. The zero-order chi connectivity index (χ0) is 20.3. The number of aryl methyl sites for hydroxylation is 1. The molecule has 1 aliphatic rings. The zero-order valence-corrected chi connectivity index (χ0v) is 17.8. The first-order valence-corrected chi connectivity index (χ1v) is 11.4. The maximum Gasteiger partial charge on any atom is 0.228 e. The van der Waals surface area contributed by atoms with Gasteiger partial charge < -0.3 is 5.32 Å².